The predicted octanol–water partition coefficient (Wildman–Crippen LogP) is 2.42. The Hall–Kier alpha value is -1.46. The Labute approximate surface area is 96.8 Å². The first kappa shape index (κ1) is 11.0. The van der Waals surface area contributed by atoms with Crippen LogP contribution >= 0.6 is 0 Å². The zero-order chi connectivity index (χ0) is 11.4. The van der Waals surface area contributed by atoms with Gasteiger partial charge in [-0.2, -0.15) is 0 Å². The van der Waals surface area contributed by atoms with Crippen molar-refractivity contribution in [1.29, 1.82) is 0 Å². The van der Waals surface area contributed by atoms with Crippen molar-refractivity contribution in [3.63, 3.8) is 0 Å². The molecule has 16 heavy (non-hydrogen) atoms. The molecule has 1 aliphatic carbocycles. The molecule has 1 aromatic rings. The number of hydrogen-bond donors (Lipinski definition) is 1. The Balaban J connectivity index is 2.19. The zero-order valence-corrected chi connectivity index (χ0v) is 9.41. The summed E-state index contributed by atoms with van der Waals surface area (Å²) >= 11 is 0. The van der Waals surface area contributed by atoms with E-state index < -0.39 is 0 Å². The molecule has 1 unspecified atom stereocenters. The van der Waals surface area contributed by atoms with Gasteiger partial charge in [-0.25, -0.2) is 0 Å². The molecule has 0 fully saturated rings. The molecule has 1 aliphatic rings. The monoisotopic (exact) mass is 215 g/mol. The number of fused-ring (bicyclic) bond motifs is 1. The Bertz CT molecular complexity index is 406. The highest BCUT2D eigenvalue weighted by Gasteiger charge is 2.19. The van der Waals surface area contributed by atoms with Crippen molar-refractivity contribution >= 4 is 0 Å². The minimum atomic E-state index is 0.167. The second kappa shape index (κ2) is 5.05. The fourth-order valence-corrected chi connectivity index (χ4v) is 2.21. The van der Waals surface area contributed by atoms with Gasteiger partial charge in [0.05, 0.1) is 6.61 Å². The van der Waals surface area contributed by atoms with Crippen LogP contribution in [0.25, 0.3) is 0 Å². The molecule has 0 amide bonds. The van der Waals surface area contributed by atoms with Crippen molar-refractivity contribution in [3.05, 3.63) is 29.3 Å². The highest BCUT2D eigenvalue weighted by Crippen LogP contribution is 2.33. The third kappa shape index (κ3) is 2.20. The Morgan fingerprint density at radius 2 is 2.38 bits per heavy atom. The van der Waals surface area contributed by atoms with E-state index in [1.165, 1.54) is 11.1 Å². The van der Waals surface area contributed by atoms with Crippen molar-refractivity contribution in [3.8, 4) is 18.1 Å². The molecule has 0 spiro atoms. The second-order valence-corrected chi connectivity index (χ2v) is 4.13. The first-order valence-corrected chi connectivity index (χ1v) is 5.76. The molecule has 1 aromatic carbocycles. The molecule has 2 nitrogen and oxygen atoms in total. The van der Waals surface area contributed by atoms with Crippen LogP contribution < -0.4 is 10.5 Å². The minimum Gasteiger partial charge on any atom is -0.492 e. The molecule has 0 aromatic heterocycles. The summed E-state index contributed by atoms with van der Waals surface area (Å²) in [6.45, 7) is 0.586. The smallest absolute Gasteiger partial charge is 0.122 e. The van der Waals surface area contributed by atoms with Gasteiger partial charge in [0.2, 0.25) is 0 Å². The van der Waals surface area contributed by atoms with Crippen LogP contribution in [0.1, 0.15) is 36.4 Å². The van der Waals surface area contributed by atoms with E-state index in [0.29, 0.717) is 13.0 Å². The van der Waals surface area contributed by atoms with E-state index >= 15 is 0 Å². The van der Waals surface area contributed by atoms with Gasteiger partial charge in [-0.15, -0.1) is 12.3 Å². The topological polar surface area (TPSA) is 35.2 Å². The van der Waals surface area contributed by atoms with Crippen LogP contribution in [0, 0.1) is 12.3 Å². The highest BCUT2D eigenvalue weighted by molar-refractivity contribution is 5.43. The van der Waals surface area contributed by atoms with Crippen molar-refractivity contribution in [1.82, 2.24) is 0 Å². The number of terminal acetylenes is 1. The first-order chi connectivity index (χ1) is 7.83. The van der Waals surface area contributed by atoms with Gasteiger partial charge in [-0.05, 0) is 36.5 Å². The Morgan fingerprint density at radius 1 is 1.50 bits per heavy atom. The second-order valence-electron chi connectivity index (χ2n) is 4.13. The largest absolute Gasteiger partial charge is 0.492 e. The molecule has 0 aliphatic heterocycles. The summed E-state index contributed by atoms with van der Waals surface area (Å²) in [4.78, 5) is 0. The maximum absolute atomic E-state index is 6.08. The number of ether oxygens (including phenoxy) is 1. The van der Waals surface area contributed by atoms with Gasteiger partial charge in [-0.1, -0.05) is 12.1 Å². The lowest BCUT2D eigenvalue weighted by atomic mass is 9.87. The van der Waals surface area contributed by atoms with Crippen LogP contribution in [0.2, 0.25) is 0 Å². The van der Waals surface area contributed by atoms with E-state index in [2.05, 4.69) is 12.0 Å². The van der Waals surface area contributed by atoms with Crippen molar-refractivity contribution in [2.24, 2.45) is 5.73 Å². The van der Waals surface area contributed by atoms with Gasteiger partial charge in [0.25, 0.3) is 0 Å². The number of benzene rings is 1. The summed E-state index contributed by atoms with van der Waals surface area (Å²) < 4.78 is 5.70. The molecule has 0 heterocycles. The molecule has 0 bridgehead atoms. The lowest BCUT2D eigenvalue weighted by molar-refractivity contribution is 0.321. The normalized spacial score (nSPS) is 18.6. The fourth-order valence-electron chi connectivity index (χ4n) is 2.21. The van der Waals surface area contributed by atoms with Crippen molar-refractivity contribution < 1.29 is 4.74 Å². The van der Waals surface area contributed by atoms with Gasteiger partial charge in [-0.3, -0.25) is 0 Å². The number of nitrogens with two attached hydrogens (primary N) is 1. The Morgan fingerprint density at radius 3 is 3.19 bits per heavy atom. The van der Waals surface area contributed by atoms with E-state index in [4.69, 9.17) is 16.9 Å². The van der Waals surface area contributed by atoms with Gasteiger partial charge in [0.1, 0.15) is 5.75 Å². The van der Waals surface area contributed by atoms with Gasteiger partial charge < -0.3 is 10.5 Å². The van der Waals surface area contributed by atoms with Crippen LogP contribution in [0.15, 0.2) is 18.2 Å². The van der Waals surface area contributed by atoms with Gasteiger partial charge in [0, 0.05) is 12.5 Å². The number of rotatable bonds is 3. The molecule has 84 valence electrons. The summed E-state index contributed by atoms with van der Waals surface area (Å²) in [7, 11) is 0. The third-order valence-electron chi connectivity index (χ3n) is 3.01. The summed E-state index contributed by atoms with van der Waals surface area (Å²) in [6, 6.07) is 6.29. The van der Waals surface area contributed by atoms with E-state index in [0.717, 1.165) is 25.0 Å². The average Bonchev–Trinajstić information content (AvgIpc) is 2.31. The molecule has 2 heteroatoms. The molecule has 0 radical (unpaired) electrons. The molecular weight excluding hydrogens is 198 g/mol. The summed E-state index contributed by atoms with van der Waals surface area (Å²) in [5.41, 5.74) is 8.60. The van der Waals surface area contributed by atoms with Gasteiger partial charge >= 0.3 is 0 Å². The quantitative estimate of drug-likeness (QED) is 0.621. The summed E-state index contributed by atoms with van der Waals surface area (Å²) in [5.74, 6) is 3.54. The maximum atomic E-state index is 6.08. The SMILES string of the molecule is C#CCCOc1cccc2c1CCCC2N. The van der Waals surface area contributed by atoms with Crippen molar-refractivity contribution in [2.45, 2.75) is 31.7 Å². The molecular formula is C14H17NO. The van der Waals surface area contributed by atoms with Gasteiger partial charge in [0.15, 0.2) is 0 Å². The first-order valence-electron chi connectivity index (χ1n) is 5.76. The van der Waals surface area contributed by atoms with E-state index in [1.54, 1.807) is 0 Å². The summed E-state index contributed by atoms with van der Waals surface area (Å²) in [5, 5.41) is 0. The lowest BCUT2D eigenvalue weighted by Gasteiger charge is -2.24. The lowest BCUT2D eigenvalue weighted by Crippen LogP contribution is -2.18. The van der Waals surface area contributed by atoms with Crippen LogP contribution in [0.3, 0.4) is 0 Å². The van der Waals surface area contributed by atoms with Crippen LogP contribution in [-0.4, -0.2) is 6.61 Å². The standard InChI is InChI=1S/C14H17NO/c1-2-3-10-16-14-9-5-6-11-12(14)7-4-8-13(11)15/h1,5-6,9,13H,3-4,7-8,10,15H2. The molecule has 0 saturated carbocycles. The Kier molecular flexibility index (Phi) is 3.48. The highest BCUT2D eigenvalue weighted by atomic mass is 16.5. The van der Waals surface area contributed by atoms with Crippen LogP contribution in [0.4, 0.5) is 0 Å². The van der Waals surface area contributed by atoms with E-state index in [1.807, 2.05) is 12.1 Å². The maximum Gasteiger partial charge on any atom is 0.122 e. The average molecular weight is 215 g/mol. The molecule has 2 N–H and O–H groups in total. The third-order valence-corrected chi connectivity index (χ3v) is 3.01. The minimum absolute atomic E-state index is 0.167. The van der Waals surface area contributed by atoms with Crippen LogP contribution in [-0.2, 0) is 6.42 Å². The van der Waals surface area contributed by atoms with E-state index in [-0.39, 0.29) is 6.04 Å². The van der Waals surface area contributed by atoms with E-state index in [9.17, 15) is 0 Å². The van der Waals surface area contributed by atoms with Crippen molar-refractivity contribution in [2.75, 3.05) is 6.61 Å². The van der Waals surface area contributed by atoms with Crippen LogP contribution in [0.5, 0.6) is 5.75 Å². The predicted molar refractivity (Wildman–Crippen MR) is 65.3 cm³/mol. The molecule has 2 rings (SSSR count). The molecule has 1 atom stereocenters. The zero-order valence-electron chi connectivity index (χ0n) is 9.41. The molecule has 0 saturated heterocycles. The number of hydrogen-bond acceptors (Lipinski definition) is 2. The summed E-state index contributed by atoms with van der Waals surface area (Å²) in [6.07, 6.45) is 9.13. The fraction of sp³-hybridized carbons (Fsp3) is 0.429.